The van der Waals surface area contributed by atoms with Crippen molar-refractivity contribution >= 4 is 39.1 Å². The average Bonchev–Trinajstić information content (AvgIpc) is 2.96. The minimum absolute atomic E-state index is 0.0515. The summed E-state index contributed by atoms with van der Waals surface area (Å²) in [6.07, 6.45) is 2.55. The Morgan fingerprint density at radius 3 is 2.29 bits per heavy atom. The first kappa shape index (κ1) is 32.0. The topological polar surface area (TPSA) is 96.0 Å². The van der Waals surface area contributed by atoms with Gasteiger partial charge in [0.15, 0.2) is 0 Å². The smallest absolute Gasteiger partial charge is 0.243 e. The van der Waals surface area contributed by atoms with Crippen molar-refractivity contribution in [2.24, 2.45) is 0 Å². The zero-order chi connectivity index (χ0) is 29.8. The molecule has 8 nitrogen and oxygen atoms in total. The van der Waals surface area contributed by atoms with Gasteiger partial charge < -0.3 is 15.0 Å². The monoisotopic (exact) mass is 599 g/mol. The van der Waals surface area contributed by atoms with Gasteiger partial charge in [-0.3, -0.25) is 13.9 Å². The summed E-state index contributed by atoms with van der Waals surface area (Å²) in [6.45, 7) is 2.76. The molecule has 41 heavy (non-hydrogen) atoms. The van der Waals surface area contributed by atoms with Crippen molar-refractivity contribution < 1.29 is 22.7 Å². The largest absolute Gasteiger partial charge is 0.497 e. The second kappa shape index (κ2) is 15.4. The fraction of sp³-hybridized carbons (Fsp3) is 0.355. The van der Waals surface area contributed by atoms with Crippen LogP contribution in [0.5, 0.6) is 5.75 Å². The van der Waals surface area contributed by atoms with Crippen molar-refractivity contribution in [3.05, 3.63) is 95.0 Å². The van der Waals surface area contributed by atoms with E-state index < -0.39 is 16.1 Å². The van der Waals surface area contributed by atoms with Gasteiger partial charge in [-0.05, 0) is 60.4 Å². The molecule has 0 bridgehead atoms. The summed E-state index contributed by atoms with van der Waals surface area (Å²) in [7, 11) is -2.02. The molecule has 0 saturated heterocycles. The molecule has 0 spiro atoms. The highest BCUT2D eigenvalue weighted by atomic mass is 35.5. The molecule has 0 saturated carbocycles. The van der Waals surface area contributed by atoms with Gasteiger partial charge in [-0.25, -0.2) is 8.42 Å². The number of methoxy groups -OCH3 is 1. The van der Waals surface area contributed by atoms with E-state index in [0.717, 1.165) is 23.8 Å². The quantitative estimate of drug-likeness (QED) is 0.263. The normalized spacial score (nSPS) is 11.9. The van der Waals surface area contributed by atoms with Crippen molar-refractivity contribution in [3.8, 4) is 5.75 Å². The van der Waals surface area contributed by atoms with Gasteiger partial charge in [0, 0.05) is 37.5 Å². The van der Waals surface area contributed by atoms with E-state index in [4.69, 9.17) is 16.3 Å². The van der Waals surface area contributed by atoms with Gasteiger partial charge in [0.2, 0.25) is 21.8 Å². The van der Waals surface area contributed by atoms with Gasteiger partial charge in [0.05, 0.1) is 19.1 Å². The highest BCUT2D eigenvalue weighted by molar-refractivity contribution is 7.92. The molecule has 0 heterocycles. The molecule has 0 radical (unpaired) electrons. The maximum absolute atomic E-state index is 13.9. The number of halogens is 1. The summed E-state index contributed by atoms with van der Waals surface area (Å²) in [4.78, 5) is 28.9. The van der Waals surface area contributed by atoms with Crippen molar-refractivity contribution in [2.75, 3.05) is 30.8 Å². The molecule has 0 aliphatic carbocycles. The number of carbonyl (C=O) groups is 2. The third-order valence-corrected chi connectivity index (χ3v) is 8.02. The number of hydrogen-bond acceptors (Lipinski definition) is 5. The van der Waals surface area contributed by atoms with Crippen molar-refractivity contribution in [1.82, 2.24) is 10.2 Å². The van der Waals surface area contributed by atoms with Crippen LogP contribution in [0.4, 0.5) is 5.69 Å². The van der Waals surface area contributed by atoms with E-state index in [2.05, 4.69) is 5.32 Å². The number of amides is 2. The van der Waals surface area contributed by atoms with Crippen LogP contribution in [0.2, 0.25) is 5.02 Å². The third-order valence-electron chi connectivity index (χ3n) is 6.57. The molecular weight excluding hydrogens is 562 g/mol. The van der Waals surface area contributed by atoms with Gasteiger partial charge in [-0.1, -0.05) is 61.0 Å². The number of ether oxygens (including phenoxy) is 1. The molecule has 220 valence electrons. The standard InChI is InChI=1S/C31H38ClN3O5S/c1-4-19-33-31(37)29(22-24-10-6-5-7-11-24)34(23-25-12-8-13-28(21-25)40-2)30(36)14-9-20-35(41(3,38)39)27-17-15-26(32)16-18-27/h5-8,10-13,15-18,21,29H,4,9,14,19-20,22-23H2,1-3H3,(H,33,37)/t29-/m1/s1. The Balaban J connectivity index is 1.88. The zero-order valence-electron chi connectivity index (χ0n) is 23.8. The molecule has 0 unspecified atom stereocenters. The molecular formula is C31H38ClN3O5S. The molecule has 2 amide bonds. The van der Waals surface area contributed by atoms with Gasteiger partial charge in [0.1, 0.15) is 11.8 Å². The van der Waals surface area contributed by atoms with Crippen LogP contribution in [0.15, 0.2) is 78.9 Å². The lowest BCUT2D eigenvalue weighted by Crippen LogP contribution is -2.50. The molecule has 1 N–H and O–H groups in total. The number of nitrogens with one attached hydrogen (secondary N) is 1. The number of rotatable bonds is 15. The number of anilines is 1. The van der Waals surface area contributed by atoms with E-state index in [1.165, 1.54) is 4.31 Å². The Kier molecular flexibility index (Phi) is 12.0. The van der Waals surface area contributed by atoms with E-state index in [-0.39, 0.29) is 37.7 Å². The van der Waals surface area contributed by atoms with E-state index in [1.807, 2.05) is 61.5 Å². The summed E-state index contributed by atoms with van der Waals surface area (Å²) in [5, 5.41) is 3.46. The predicted octanol–water partition coefficient (Wildman–Crippen LogP) is 5.06. The van der Waals surface area contributed by atoms with Crippen molar-refractivity contribution in [3.63, 3.8) is 0 Å². The minimum atomic E-state index is -3.60. The van der Waals surface area contributed by atoms with Crippen molar-refractivity contribution in [1.29, 1.82) is 0 Å². The fourth-order valence-electron chi connectivity index (χ4n) is 4.50. The summed E-state index contributed by atoms with van der Waals surface area (Å²) in [5.41, 5.74) is 2.22. The van der Waals surface area contributed by atoms with E-state index in [1.54, 1.807) is 36.3 Å². The van der Waals surface area contributed by atoms with Gasteiger partial charge in [0.25, 0.3) is 0 Å². The number of benzene rings is 3. The molecule has 0 aromatic heterocycles. The average molecular weight is 600 g/mol. The number of sulfonamides is 1. The number of carbonyl (C=O) groups excluding carboxylic acids is 2. The Hall–Kier alpha value is -3.56. The lowest BCUT2D eigenvalue weighted by atomic mass is 10.0. The van der Waals surface area contributed by atoms with Crippen LogP contribution in [-0.4, -0.2) is 57.6 Å². The Bertz CT molecular complexity index is 1380. The fourth-order valence-corrected chi connectivity index (χ4v) is 5.59. The zero-order valence-corrected chi connectivity index (χ0v) is 25.3. The van der Waals surface area contributed by atoms with Crippen LogP contribution in [-0.2, 0) is 32.6 Å². The van der Waals surface area contributed by atoms with E-state index >= 15 is 0 Å². The third kappa shape index (κ3) is 9.79. The first-order valence-corrected chi connectivity index (χ1v) is 15.8. The first-order valence-electron chi connectivity index (χ1n) is 13.6. The Labute approximate surface area is 248 Å². The van der Waals surface area contributed by atoms with Crippen LogP contribution in [0.25, 0.3) is 0 Å². The second-order valence-corrected chi connectivity index (χ2v) is 12.1. The number of nitrogens with zero attached hydrogens (tertiary/aromatic N) is 2. The molecule has 1 atom stereocenters. The highest BCUT2D eigenvalue weighted by Gasteiger charge is 2.30. The van der Waals surface area contributed by atoms with Crippen LogP contribution in [0.3, 0.4) is 0 Å². The lowest BCUT2D eigenvalue weighted by molar-refractivity contribution is -0.141. The van der Waals surface area contributed by atoms with Crippen LogP contribution in [0.1, 0.15) is 37.3 Å². The molecule has 3 aromatic rings. The molecule has 0 aliphatic rings. The van der Waals surface area contributed by atoms with Gasteiger partial charge in [-0.2, -0.15) is 0 Å². The maximum Gasteiger partial charge on any atom is 0.243 e. The molecule has 3 rings (SSSR count). The Morgan fingerprint density at radius 2 is 1.66 bits per heavy atom. The van der Waals surface area contributed by atoms with Gasteiger partial charge >= 0.3 is 0 Å². The van der Waals surface area contributed by atoms with E-state index in [0.29, 0.717) is 29.4 Å². The molecule has 0 aliphatic heterocycles. The molecule has 0 fully saturated rings. The Morgan fingerprint density at radius 1 is 0.976 bits per heavy atom. The summed E-state index contributed by atoms with van der Waals surface area (Å²) in [6, 6.07) is 22.7. The molecule has 10 heteroatoms. The lowest BCUT2D eigenvalue weighted by Gasteiger charge is -2.32. The summed E-state index contributed by atoms with van der Waals surface area (Å²) >= 11 is 5.98. The number of hydrogen-bond donors (Lipinski definition) is 1. The predicted molar refractivity (Wildman–Crippen MR) is 164 cm³/mol. The van der Waals surface area contributed by atoms with E-state index in [9.17, 15) is 18.0 Å². The van der Waals surface area contributed by atoms with Crippen LogP contribution < -0.4 is 14.4 Å². The second-order valence-electron chi connectivity index (χ2n) is 9.78. The maximum atomic E-state index is 13.9. The van der Waals surface area contributed by atoms with Crippen LogP contribution in [0, 0.1) is 0 Å². The van der Waals surface area contributed by atoms with Crippen LogP contribution >= 0.6 is 11.6 Å². The minimum Gasteiger partial charge on any atom is -0.497 e. The highest BCUT2D eigenvalue weighted by Crippen LogP contribution is 2.23. The first-order chi connectivity index (χ1) is 19.6. The summed E-state index contributed by atoms with van der Waals surface area (Å²) in [5.74, 6) is 0.174. The summed E-state index contributed by atoms with van der Waals surface area (Å²) < 4.78 is 31.8. The SMILES string of the molecule is CCCNC(=O)[C@@H](Cc1ccccc1)N(Cc1cccc(OC)c1)C(=O)CCCN(c1ccc(Cl)cc1)S(C)(=O)=O. The van der Waals surface area contributed by atoms with Gasteiger partial charge in [-0.15, -0.1) is 0 Å². The van der Waals surface area contributed by atoms with Crippen molar-refractivity contribution in [2.45, 2.75) is 45.2 Å². The molecule has 3 aromatic carbocycles.